The van der Waals surface area contributed by atoms with Gasteiger partial charge in [-0.3, -0.25) is 4.99 Å². The average Bonchev–Trinajstić information content (AvgIpc) is 2.99. The first kappa shape index (κ1) is 24.0. The standard InChI is InChI=1S/C17H21ClN4O4S2.HI/c1-19-17(20-7-8-21-28(23,24)16-6-5-15(18)27-16)22-12-3-4-13-14(11-12)26-10-2-9-25-13;/h3-6,11,21H,2,7-10H2,1H3,(H2,19,20,22);1H. The average molecular weight is 573 g/mol. The maximum atomic E-state index is 12.2. The lowest BCUT2D eigenvalue weighted by Crippen LogP contribution is -2.37. The van der Waals surface area contributed by atoms with Crippen LogP contribution in [0, 0.1) is 0 Å². The molecule has 2 aromatic rings. The summed E-state index contributed by atoms with van der Waals surface area (Å²) in [6, 6.07) is 8.59. The second-order valence-electron chi connectivity index (χ2n) is 5.79. The van der Waals surface area contributed by atoms with Gasteiger partial charge in [-0.2, -0.15) is 0 Å². The van der Waals surface area contributed by atoms with Gasteiger partial charge in [-0.25, -0.2) is 13.1 Å². The molecule has 1 aromatic carbocycles. The highest BCUT2D eigenvalue weighted by atomic mass is 127. The lowest BCUT2D eigenvalue weighted by molar-refractivity contribution is 0.297. The predicted molar refractivity (Wildman–Crippen MR) is 127 cm³/mol. The first-order chi connectivity index (χ1) is 13.5. The van der Waals surface area contributed by atoms with E-state index in [1.165, 1.54) is 6.07 Å². The van der Waals surface area contributed by atoms with Crippen molar-refractivity contribution >= 4 is 68.6 Å². The molecular formula is C17H22ClIN4O4S2. The van der Waals surface area contributed by atoms with Gasteiger partial charge in [-0.05, 0) is 24.3 Å². The van der Waals surface area contributed by atoms with Crippen molar-refractivity contribution in [3.05, 3.63) is 34.7 Å². The number of hydrogen-bond acceptors (Lipinski definition) is 6. The third-order valence-electron chi connectivity index (χ3n) is 3.76. The molecule has 1 aliphatic heterocycles. The lowest BCUT2D eigenvalue weighted by Gasteiger charge is -2.14. The third-order valence-corrected chi connectivity index (χ3v) is 6.94. The van der Waals surface area contributed by atoms with Gasteiger partial charge in [-0.15, -0.1) is 35.3 Å². The molecule has 0 bridgehead atoms. The van der Waals surface area contributed by atoms with E-state index >= 15 is 0 Å². The fourth-order valence-corrected chi connectivity index (χ4v) is 5.00. The smallest absolute Gasteiger partial charge is 0.250 e. The number of guanidine groups is 1. The van der Waals surface area contributed by atoms with Crippen molar-refractivity contribution in [2.45, 2.75) is 10.6 Å². The second kappa shape index (κ2) is 11.2. The van der Waals surface area contributed by atoms with Crippen molar-refractivity contribution in [1.82, 2.24) is 10.0 Å². The Morgan fingerprint density at radius 3 is 2.62 bits per heavy atom. The highest BCUT2D eigenvalue weighted by molar-refractivity contribution is 14.0. The number of nitrogens with one attached hydrogen (secondary N) is 3. The molecule has 0 fully saturated rings. The third kappa shape index (κ3) is 6.88. The van der Waals surface area contributed by atoms with Crippen LogP contribution in [0.1, 0.15) is 6.42 Å². The molecule has 8 nitrogen and oxygen atoms in total. The van der Waals surface area contributed by atoms with Gasteiger partial charge in [0.1, 0.15) is 4.21 Å². The van der Waals surface area contributed by atoms with Gasteiger partial charge in [0.15, 0.2) is 17.5 Å². The number of aliphatic imine (C=N–C) groups is 1. The minimum absolute atomic E-state index is 0. The summed E-state index contributed by atoms with van der Waals surface area (Å²) in [7, 11) is -1.93. The van der Waals surface area contributed by atoms with Crippen LogP contribution in [0.3, 0.4) is 0 Å². The Labute approximate surface area is 196 Å². The normalized spacial score (nSPS) is 13.9. The van der Waals surface area contributed by atoms with E-state index in [9.17, 15) is 8.42 Å². The minimum Gasteiger partial charge on any atom is -0.490 e. The van der Waals surface area contributed by atoms with Gasteiger partial charge in [0.2, 0.25) is 10.0 Å². The van der Waals surface area contributed by atoms with Crippen LogP contribution in [-0.2, 0) is 10.0 Å². The van der Waals surface area contributed by atoms with Crippen LogP contribution in [-0.4, -0.2) is 47.7 Å². The van der Waals surface area contributed by atoms with Crippen LogP contribution in [0.25, 0.3) is 0 Å². The predicted octanol–water partition coefficient (Wildman–Crippen LogP) is 3.15. The van der Waals surface area contributed by atoms with Crippen molar-refractivity contribution < 1.29 is 17.9 Å². The summed E-state index contributed by atoms with van der Waals surface area (Å²) in [4.78, 5) is 4.14. The van der Waals surface area contributed by atoms with Gasteiger partial charge in [-0.1, -0.05) is 11.6 Å². The van der Waals surface area contributed by atoms with Crippen LogP contribution in [0.4, 0.5) is 5.69 Å². The minimum atomic E-state index is -3.56. The Morgan fingerprint density at radius 2 is 1.93 bits per heavy atom. The number of thiophene rings is 1. The summed E-state index contributed by atoms with van der Waals surface area (Å²) < 4.78 is 38.7. The molecule has 12 heteroatoms. The quantitative estimate of drug-likeness (QED) is 0.213. The topological polar surface area (TPSA) is 101 Å². The summed E-state index contributed by atoms with van der Waals surface area (Å²) in [6.07, 6.45) is 0.842. The first-order valence-electron chi connectivity index (χ1n) is 8.60. The van der Waals surface area contributed by atoms with E-state index in [-0.39, 0.29) is 34.7 Å². The zero-order chi connectivity index (χ0) is 20.0. The van der Waals surface area contributed by atoms with E-state index in [0.717, 1.165) is 23.4 Å². The molecule has 0 radical (unpaired) electrons. The zero-order valence-corrected chi connectivity index (χ0v) is 20.3. The van der Waals surface area contributed by atoms with Crippen LogP contribution >= 0.6 is 46.9 Å². The largest absolute Gasteiger partial charge is 0.490 e. The first-order valence-corrected chi connectivity index (χ1v) is 11.3. The summed E-state index contributed by atoms with van der Waals surface area (Å²) >= 11 is 6.81. The molecular weight excluding hydrogens is 551 g/mol. The number of sulfonamides is 1. The Morgan fingerprint density at radius 1 is 1.17 bits per heavy atom. The summed E-state index contributed by atoms with van der Waals surface area (Å²) in [5.74, 6) is 1.90. The van der Waals surface area contributed by atoms with Crippen LogP contribution in [0.5, 0.6) is 11.5 Å². The molecule has 2 heterocycles. The number of hydrogen-bond donors (Lipinski definition) is 3. The van der Waals surface area contributed by atoms with Crippen molar-refractivity contribution in [3.8, 4) is 11.5 Å². The molecule has 3 N–H and O–H groups in total. The van der Waals surface area contributed by atoms with E-state index in [0.29, 0.717) is 41.6 Å². The molecule has 0 aliphatic carbocycles. The molecule has 0 unspecified atom stereocenters. The van der Waals surface area contributed by atoms with Crippen molar-refractivity contribution in [1.29, 1.82) is 0 Å². The van der Waals surface area contributed by atoms with Gasteiger partial charge in [0.05, 0.1) is 17.6 Å². The molecule has 3 rings (SSSR count). The molecule has 0 saturated carbocycles. The monoisotopic (exact) mass is 572 g/mol. The van der Waals surface area contributed by atoms with E-state index in [2.05, 4.69) is 20.3 Å². The van der Waals surface area contributed by atoms with Gasteiger partial charge in [0, 0.05) is 38.3 Å². The number of rotatable bonds is 6. The molecule has 160 valence electrons. The highest BCUT2D eigenvalue weighted by Gasteiger charge is 2.16. The van der Waals surface area contributed by atoms with Crippen molar-refractivity contribution in [2.24, 2.45) is 4.99 Å². The molecule has 0 amide bonds. The van der Waals surface area contributed by atoms with Crippen LogP contribution in [0.2, 0.25) is 4.34 Å². The van der Waals surface area contributed by atoms with Crippen molar-refractivity contribution in [3.63, 3.8) is 0 Å². The lowest BCUT2D eigenvalue weighted by atomic mass is 10.3. The maximum absolute atomic E-state index is 12.2. The SMILES string of the molecule is CN=C(NCCNS(=O)(=O)c1ccc(Cl)s1)Nc1ccc2c(c1)OCCCO2.I. The molecule has 0 spiro atoms. The van der Waals surface area contributed by atoms with Crippen LogP contribution in [0.15, 0.2) is 39.5 Å². The molecule has 0 atom stereocenters. The Kier molecular flexibility index (Phi) is 9.27. The van der Waals surface area contributed by atoms with Gasteiger partial charge < -0.3 is 20.1 Å². The molecule has 1 aliphatic rings. The summed E-state index contributed by atoms with van der Waals surface area (Å²) in [5, 5.41) is 6.20. The zero-order valence-electron chi connectivity index (χ0n) is 15.6. The van der Waals surface area contributed by atoms with E-state index < -0.39 is 10.0 Å². The number of anilines is 1. The summed E-state index contributed by atoms with van der Waals surface area (Å²) in [6.45, 7) is 1.79. The second-order valence-corrected chi connectivity index (χ2v) is 9.50. The fraction of sp³-hybridized carbons (Fsp3) is 0.353. The number of nitrogens with zero attached hydrogens (tertiary/aromatic N) is 1. The molecule has 29 heavy (non-hydrogen) atoms. The maximum Gasteiger partial charge on any atom is 0.250 e. The number of fused-ring (bicyclic) bond motifs is 1. The number of ether oxygens (including phenoxy) is 2. The highest BCUT2D eigenvalue weighted by Crippen LogP contribution is 2.32. The van der Waals surface area contributed by atoms with E-state index in [4.69, 9.17) is 21.1 Å². The van der Waals surface area contributed by atoms with Crippen LogP contribution < -0.4 is 24.8 Å². The molecule has 1 aromatic heterocycles. The Bertz CT molecular complexity index is 953. The fourth-order valence-electron chi connectivity index (χ4n) is 2.44. The van der Waals surface area contributed by atoms with E-state index in [1.807, 2.05) is 18.2 Å². The summed E-state index contributed by atoms with van der Waals surface area (Å²) in [5.41, 5.74) is 0.783. The van der Waals surface area contributed by atoms with E-state index in [1.54, 1.807) is 13.1 Å². The van der Waals surface area contributed by atoms with Crippen molar-refractivity contribution in [2.75, 3.05) is 38.7 Å². The Hall–Kier alpha value is -1.28. The van der Waals surface area contributed by atoms with Gasteiger partial charge in [0.25, 0.3) is 0 Å². The number of halogens is 2. The Balaban J connectivity index is 0.00000300. The molecule has 0 saturated heterocycles. The number of benzene rings is 1. The van der Waals surface area contributed by atoms with Gasteiger partial charge >= 0.3 is 0 Å².